The van der Waals surface area contributed by atoms with Crippen LogP contribution in [0.15, 0.2) is 145 Å². The van der Waals surface area contributed by atoms with E-state index >= 15 is 0 Å². The van der Waals surface area contributed by atoms with Gasteiger partial charge >= 0.3 is 0 Å². The zero-order valence-electron chi connectivity index (χ0n) is 46.0. The second-order valence-electron chi connectivity index (χ2n) is 22.4. The molecule has 2 heterocycles. The van der Waals surface area contributed by atoms with Crippen molar-refractivity contribution in [2.75, 3.05) is 9.80 Å². The van der Waals surface area contributed by atoms with Crippen LogP contribution in [0.5, 0.6) is 0 Å². The molecular weight excluding hydrogens is 832 g/mol. The quantitative estimate of drug-likeness (QED) is 0.159. The molecule has 0 N–H and O–H groups in total. The van der Waals surface area contributed by atoms with Crippen molar-refractivity contribution in [1.82, 2.24) is 0 Å². The van der Waals surface area contributed by atoms with Crippen molar-refractivity contribution in [3.63, 3.8) is 0 Å². The highest BCUT2D eigenvalue weighted by Crippen LogP contribution is 2.62. The van der Waals surface area contributed by atoms with E-state index in [1.165, 1.54) is 111 Å². The molecule has 2 nitrogen and oxygen atoms in total. The summed E-state index contributed by atoms with van der Waals surface area (Å²) in [5, 5.41) is 0. The van der Waals surface area contributed by atoms with Crippen LogP contribution in [0.3, 0.4) is 0 Å². The van der Waals surface area contributed by atoms with Crippen molar-refractivity contribution in [3.05, 3.63) is 207 Å². The number of fused-ring (bicyclic) bond motifs is 7. The summed E-state index contributed by atoms with van der Waals surface area (Å²) in [6.45, 7) is 15.3. The van der Waals surface area contributed by atoms with E-state index in [1.807, 2.05) is 6.07 Å². The smallest absolute Gasteiger partial charge is 0.252 e. The van der Waals surface area contributed by atoms with Crippen LogP contribution in [0.1, 0.15) is 112 Å². The summed E-state index contributed by atoms with van der Waals surface area (Å²) in [6.07, 6.45) is 8.29. The number of rotatable bonds is 5. The predicted octanol–water partition coefficient (Wildman–Crippen LogP) is 15.2. The predicted molar refractivity (Wildman–Crippen MR) is 292 cm³/mol. The molecule has 8 aromatic carbocycles. The van der Waals surface area contributed by atoms with Crippen LogP contribution in [-0.2, 0) is 5.41 Å². The monoisotopic (exact) mass is 898 g/mol. The molecule has 8 aromatic rings. The minimum Gasteiger partial charge on any atom is -0.311 e. The van der Waals surface area contributed by atoms with E-state index in [-0.39, 0.29) is 53.8 Å². The molecule has 0 amide bonds. The normalized spacial score (nSPS) is 23.1. The van der Waals surface area contributed by atoms with E-state index in [2.05, 4.69) is 167 Å². The second-order valence-corrected chi connectivity index (χ2v) is 22.4. The molecule has 4 saturated carbocycles. The topological polar surface area (TPSA) is 6.48 Å². The van der Waals surface area contributed by atoms with E-state index in [0.717, 1.165) is 62.7 Å². The van der Waals surface area contributed by atoms with Gasteiger partial charge in [0, 0.05) is 28.7 Å². The molecule has 1 atom stereocenters. The van der Waals surface area contributed by atoms with E-state index in [4.69, 9.17) is 4.11 Å². The van der Waals surface area contributed by atoms with Gasteiger partial charge in [-0.3, -0.25) is 0 Å². The van der Waals surface area contributed by atoms with Gasteiger partial charge in [0.1, 0.15) is 0 Å². The largest absolute Gasteiger partial charge is 0.311 e. The zero-order valence-corrected chi connectivity index (χ0v) is 41.0. The Kier molecular flexibility index (Phi) is 7.90. The Morgan fingerprint density at radius 1 is 0.478 bits per heavy atom. The minimum absolute atomic E-state index is 0.0208. The fraction of sp³-hybridized carbons (Fsp3) is 0.273. The molecule has 0 saturated heterocycles. The van der Waals surface area contributed by atoms with Crippen LogP contribution in [0.2, 0.25) is 0 Å². The molecule has 4 fully saturated rings. The summed E-state index contributed by atoms with van der Waals surface area (Å²) in [4.78, 5) is 5.02. The number of nitrogens with zero attached hydrogens (tertiary/aromatic N) is 2. The maximum absolute atomic E-state index is 9.19. The van der Waals surface area contributed by atoms with E-state index in [1.54, 1.807) is 5.56 Å². The van der Waals surface area contributed by atoms with Crippen molar-refractivity contribution in [3.8, 4) is 22.3 Å². The molecule has 1 unspecified atom stereocenters. The second kappa shape index (κ2) is 15.0. The third-order valence-corrected chi connectivity index (χ3v) is 17.7. The maximum atomic E-state index is 9.19. The highest BCUT2D eigenvalue weighted by Gasteiger charge is 2.52. The highest BCUT2D eigenvalue weighted by atomic mass is 15.2. The lowest BCUT2D eigenvalue weighted by Gasteiger charge is -2.57. The molecule has 5 aliphatic carbocycles. The number of aryl methyl sites for hydroxylation is 7. The Balaban J connectivity index is 1.07. The molecular formula is C66H61BN2. The molecule has 0 aromatic heterocycles. The van der Waals surface area contributed by atoms with E-state index in [0.29, 0.717) is 5.56 Å². The first-order valence-electron chi connectivity index (χ1n) is 28.1. The summed E-state index contributed by atoms with van der Waals surface area (Å²) in [7, 11) is 0. The number of benzene rings is 8. The minimum atomic E-state index is -0.389. The third-order valence-electron chi connectivity index (χ3n) is 17.7. The van der Waals surface area contributed by atoms with Crippen molar-refractivity contribution in [2.45, 2.75) is 98.3 Å². The standard InChI is InChI=1S/C66H61BN2/c1-38-24-41(4)64(42(5)25-38)68-57-19-13-18-54(61-52-17-12-11-16-51(52)55-34-50(21-22-53(55)61)66-35-45-30-46(36-66)32-47(31-45)37-66)62(57)67-56-23-20-49(48-14-9-8-10-15-48)33-58(56)69(60-29-40(3)28-59(68)63(60)67)65-43(6)26-39(2)27-44(65)7/h8-29,33-34,45-47,61H,30-32,35-37H2,1-7H3/i8D,9D,10D,14D,15D. The average molecular weight is 898 g/mol. The van der Waals surface area contributed by atoms with Crippen LogP contribution in [-0.4, -0.2) is 6.71 Å². The first kappa shape index (κ1) is 36.4. The van der Waals surface area contributed by atoms with Gasteiger partial charge < -0.3 is 9.80 Å². The van der Waals surface area contributed by atoms with Gasteiger partial charge in [0.25, 0.3) is 6.71 Å². The van der Waals surface area contributed by atoms with Gasteiger partial charge in [-0.1, -0.05) is 132 Å². The van der Waals surface area contributed by atoms with Gasteiger partial charge in [0.15, 0.2) is 0 Å². The summed E-state index contributed by atoms with van der Waals surface area (Å²) >= 11 is 0. The molecule has 0 radical (unpaired) electrons. The average Bonchev–Trinajstić information content (AvgIpc) is 3.69. The Morgan fingerprint density at radius 3 is 1.68 bits per heavy atom. The first-order chi connectivity index (χ1) is 35.6. The lowest BCUT2D eigenvalue weighted by molar-refractivity contribution is -0.00517. The molecule has 15 rings (SSSR count). The fourth-order valence-corrected chi connectivity index (χ4v) is 15.9. The summed E-state index contributed by atoms with van der Waals surface area (Å²) in [5.41, 5.74) is 28.0. The molecule has 7 aliphatic rings. The van der Waals surface area contributed by atoms with E-state index < -0.39 is 0 Å². The van der Waals surface area contributed by atoms with Gasteiger partial charge in [-0.05, 0) is 223 Å². The Hall–Kier alpha value is -6.58. The maximum Gasteiger partial charge on any atom is 0.252 e. The first-order valence-corrected chi connectivity index (χ1v) is 25.6. The highest BCUT2D eigenvalue weighted by molar-refractivity contribution is 7.00. The van der Waals surface area contributed by atoms with Crippen LogP contribution >= 0.6 is 0 Å². The fourth-order valence-electron chi connectivity index (χ4n) is 15.9. The molecule has 3 heteroatoms. The zero-order chi connectivity index (χ0) is 51.0. The summed E-state index contributed by atoms with van der Waals surface area (Å²) < 4.78 is 44.4. The van der Waals surface area contributed by atoms with Gasteiger partial charge in [-0.15, -0.1) is 0 Å². The lowest BCUT2D eigenvalue weighted by atomic mass is 9.32. The Bertz CT molecular complexity index is 3690. The van der Waals surface area contributed by atoms with E-state index in [9.17, 15) is 2.74 Å². The molecule has 338 valence electrons. The van der Waals surface area contributed by atoms with Crippen molar-refractivity contribution in [1.29, 1.82) is 0 Å². The molecule has 0 spiro atoms. The van der Waals surface area contributed by atoms with Crippen molar-refractivity contribution < 1.29 is 6.85 Å². The number of hydrogen-bond acceptors (Lipinski definition) is 2. The third kappa shape index (κ3) is 6.05. The van der Waals surface area contributed by atoms with Crippen molar-refractivity contribution in [2.24, 2.45) is 17.8 Å². The number of hydrogen-bond donors (Lipinski definition) is 0. The molecule has 2 aliphatic heterocycles. The molecule has 69 heavy (non-hydrogen) atoms. The van der Waals surface area contributed by atoms with Gasteiger partial charge in [0.05, 0.1) is 18.2 Å². The number of anilines is 6. The summed E-state index contributed by atoms with van der Waals surface area (Å²) in [5.74, 6) is 2.58. The Morgan fingerprint density at radius 2 is 1.04 bits per heavy atom. The summed E-state index contributed by atoms with van der Waals surface area (Å²) in [6, 6.07) is 42.8. The van der Waals surface area contributed by atoms with Gasteiger partial charge in [-0.25, -0.2) is 0 Å². The van der Waals surface area contributed by atoms with Crippen LogP contribution < -0.4 is 26.2 Å². The Labute approximate surface area is 417 Å². The van der Waals surface area contributed by atoms with Crippen LogP contribution in [0.25, 0.3) is 22.3 Å². The van der Waals surface area contributed by atoms with Crippen LogP contribution in [0, 0.1) is 66.2 Å². The SMILES string of the molecule is [2H]c1c([2H])c([2H])c(-c2ccc3c(c2)N(c2c(C)cc(C)cc2C)c2cc(C)cc4c2B3c2c(C3c5ccccc5-c5cc(C67CC8CC(CC(C8)C6)C7)ccc53)cccc2N4c2c(C)cc(C)cc2C)c([2H])c1[2H]. The van der Waals surface area contributed by atoms with Crippen LogP contribution in [0.4, 0.5) is 34.1 Å². The van der Waals surface area contributed by atoms with Gasteiger partial charge in [0.2, 0.25) is 0 Å². The van der Waals surface area contributed by atoms with Gasteiger partial charge in [-0.2, -0.15) is 0 Å². The lowest BCUT2D eigenvalue weighted by Crippen LogP contribution is -2.62. The molecule has 4 bridgehead atoms. The van der Waals surface area contributed by atoms with Crippen molar-refractivity contribution >= 4 is 57.2 Å².